The highest BCUT2D eigenvalue weighted by molar-refractivity contribution is 5.70. The van der Waals surface area contributed by atoms with E-state index in [1.165, 1.54) is 0 Å². The number of rotatable bonds is 0. The molecule has 0 fully saturated rings. The van der Waals surface area contributed by atoms with Crippen molar-refractivity contribution >= 4 is 18.0 Å². The quantitative estimate of drug-likeness (QED) is 0.575. The normalized spacial score (nSPS) is 15.4. The van der Waals surface area contributed by atoms with Crippen molar-refractivity contribution in [3.05, 3.63) is 34.5 Å². The molecule has 0 radical (unpaired) electrons. The number of benzene rings is 1. The average molecular weight is 173 g/mol. The number of nitrogens with one attached hydrogen (secondary N) is 2. The minimum atomic E-state index is 0.853. The number of anilines is 1. The van der Waals surface area contributed by atoms with Crippen LogP contribution in [0, 0.1) is 0 Å². The predicted molar refractivity (Wildman–Crippen MR) is 48.6 cm³/mol. The van der Waals surface area contributed by atoms with Crippen molar-refractivity contribution in [2.24, 2.45) is 5.16 Å². The number of fused-ring (bicyclic) bond motifs is 3. The van der Waals surface area contributed by atoms with E-state index in [1.807, 2.05) is 24.4 Å². The van der Waals surface area contributed by atoms with Gasteiger partial charge in [-0.25, -0.2) is 0 Å². The van der Waals surface area contributed by atoms with Gasteiger partial charge in [0.2, 0.25) is 0 Å². The molecule has 4 nitrogen and oxygen atoms in total. The second kappa shape index (κ2) is 2.26. The maximum absolute atomic E-state index is 4.84. The molecule has 0 aliphatic carbocycles. The van der Waals surface area contributed by atoms with E-state index in [1.54, 1.807) is 6.26 Å². The lowest BCUT2D eigenvalue weighted by Crippen LogP contribution is -2.18. The van der Waals surface area contributed by atoms with Crippen LogP contribution in [0.3, 0.4) is 0 Å². The monoisotopic (exact) mass is 173 g/mol. The van der Waals surface area contributed by atoms with Gasteiger partial charge >= 0.3 is 0 Å². The van der Waals surface area contributed by atoms with Gasteiger partial charge in [0, 0.05) is 17.0 Å². The van der Waals surface area contributed by atoms with Gasteiger partial charge in [-0.3, -0.25) is 0 Å². The van der Waals surface area contributed by atoms with Gasteiger partial charge < -0.3 is 15.7 Å². The maximum atomic E-state index is 4.84. The van der Waals surface area contributed by atoms with Crippen LogP contribution in [-0.2, 0) is 4.84 Å². The Labute approximate surface area is 74.2 Å². The van der Waals surface area contributed by atoms with Gasteiger partial charge in [0.1, 0.15) is 11.6 Å². The zero-order chi connectivity index (χ0) is 8.67. The van der Waals surface area contributed by atoms with Crippen LogP contribution < -0.4 is 21.4 Å². The summed E-state index contributed by atoms with van der Waals surface area (Å²) in [6, 6.07) is 3.93. The highest BCUT2D eigenvalue weighted by Gasteiger charge is 2.09. The third-order valence-corrected chi connectivity index (χ3v) is 2.13. The second-order valence-corrected chi connectivity index (χ2v) is 2.88. The fraction of sp³-hybridized carbons (Fsp3) is 0. The zero-order valence-electron chi connectivity index (χ0n) is 6.74. The molecule has 64 valence electrons. The highest BCUT2D eigenvalue weighted by Crippen LogP contribution is 2.11. The Morgan fingerprint density at radius 2 is 2.31 bits per heavy atom. The summed E-state index contributed by atoms with van der Waals surface area (Å²) >= 11 is 0. The van der Waals surface area contributed by atoms with Crippen LogP contribution in [0.2, 0.25) is 0 Å². The molecule has 0 saturated heterocycles. The fourth-order valence-corrected chi connectivity index (χ4v) is 1.51. The Morgan fingerprint density at radius 1 is 1.31 bits per heavy atom. The Bertz CT molecular complexity index is 504. The van der Waals surface area contributed by atoms with Crippen LogP contribution in [0.15, 0.2) is 23.6 Å². The van der Waals surface area contributed by atoms with Crippen molar-refractivity contribution in [1.82, 2.24) is 5.43 Å². The molecule has 13 heavy (non-hydrogen) atoms. The minimum Gasteiger partial charge on any atom is -0.364 e. The van der Waals surface area contributed by atoms with Crippen molar-refractivity contribution < 1.29 is 4.84 Å². The first-order valence-electron chi connectivity index (χ1n) is 4.00. The third-order valence-electron chi connectivity index (χ3n) is 2.13. The van der Waals surface area contributed by atoms with Gasteiger partial charge in [0.15, 0.2) is 0 Å². The summed E-state index contributed by atoms with van der Waals surface area (Å²) in [5, 5.41) is 5.89. The summed E-state index contributed by atoms with van der Waals surface area (Å²) in [5.41, 5.74) is 8.12. The number of hydrazine groups is 1. The molecule has 3 rings (SSSR count). The van der Waals surface area contributed by atoms with Crippen LogP contribution in [-0.4, -0.2) is 0 Å². The molecule has 1 aromatic carbocycles. The molecule has 0 bridgehead atoms. The van der Waals surface area contributed by atoms with Crippen molar-refractivity contribution in [1.29, 1.82) is 0 Å². The molecule has 0 spiro atoms. The molecule has 4 heteroatoms. The summed E-state index contributed by atoms with van der Waals surface area (Å²) in [5.74, 6) is 0. The smallest absolute Gasteiger partial charge is 0.122 e. The molecule has 2 heterocycles. The van der Waals surface area contributed by atoms with Crippen molar-refractivity contribution in [3.63, 3.8) is 0 Å². The fourth-order valence-electron chi connectivity index (χ4n) is 1.51. The number of nitrogens with zero attached hydrogens (tertiary/aromatic N) is 1. The number of hydrogen-bond donors (Lipinski definition) is 2. The van der Waals surface area contributed by atoms with Gasteiger partial charge in [-0.2, -0.15) is 0 Å². The lowest BCUT2D eigenvalue weighted by atomic mass is 10.1. The molecule has 0 saturated carbocycles. The Hall–Kier alpha value is -1.97. The Morgan fingerprint density at radius 3 is 3.31 bits per heavy atom. The minimum absolute atomic E-state index is 0.853. The van der Waals surface area contributed by atoms with Gasteiger partial charge in [0.05, 0.1) is 5.69 Å². The largest absolute Gasteiger partial charge is 0.364 e. The van der Waals surface area contributed by atoms with Crippen LogP contribution in [0.5, 0.6) is 0 Å². The maximum Gasteiger partial charge on any atom is 0.122 e. The molecule has 0 unspecified atom stereocenters. The molecular weight excluding hydrogens is 166 g/mol. The standard InChI is InChI=1S/C9H7N3O/c1-2-8-7(3-4-13-12-8)9-6(1)5-10-11-9/h1-5,10-11H. The number of hydrogen-bond acceptors (Lipinski definition) is 4. The molecule has 0 aromatic heterocycles. The highest BCUT2D eigenvalue weighted by atomic mass is 16.6. The van der Waals surface area contributed by atoms with Gasteiger partial charge in [-0.1, -0.05) is 5.16 Å². The van der Waals surface area contributed by atoms with E-state index >= 15 is 0 Å². The van der Waals surface area contributed by atoms with Crippen molar-refractivity contribution in [2.45, 2.75) is 0 Å². The first kappa shape index (κ1) is 6.54. The Kier molecular flexibility index (Phi) is 1.14. The summed E-state index contributed by atoms with van der Waals surface area (Å²) in [6.07, 6.45) is 5.39. The topological polar surface area (TPSA) is 45.6 Å². The van der Waals surface area contributed by atoms with Crippen LogP contribution in [0.1, 0.15) is 5.56 Å². The zero-order valence-corrected chi connectivity index (χ0v) is 6.74. The van der Waals surface area contributed by atoms with Gasteiger partial charge in [-0.15, -0.1) is 0 Å². The molecular formula is C9H7N3O. The van der Waals surface area contributed by atoms with E-state index in [-0.39, 0.29) is 0 Å². The van der Waals surface area contributed by atoms with E-state index in [2.05, 4.69) is 16.0 Å². The van der Waals surface area contributed by atoms with E-state index in [4.69, 9.17) is 4.84 Å². The Balaban J connectivity index is 2.44. The van der Waals surface area contributed by atoms with Crippen molar-refractivity contribution in [2.75, 3.05) is 5.43 Å². The van der Waals surface area contributed by atoms with E-state index in [0.29, 0.717) is 0 Å². The molecule has 1 aromatic rings. The third kappa shape index (κ3) is 0.823. The second-order valence-electron chi connectivity index (χ2n) is 2.88. The van der Waals surface area contributed by atoms with E-state index in [0.717, 1.165) is 21.8 Å². The molecule has 0 amide bonds. The van der Waals surface area contributed by atoms with E-state index in [9.17, 15) is 0 Å². The first-order chi connectivity index (χ1) is 6.45. The van der Waals surface area contributed by atoms with Gasteiger partial charge in [-0.05, 0) is 18.2 Å². The van der Waals surface area contributed by atoms with Gasteiger partial charge in [0.25, 0.3) is 0 Å². The van der Waals surface area contributed by atoms with Crippen LogP contribution in [0.25, 0.3) is 12.3 Å². The summed E-state index contributed by atoms with van der Waals surface area (Å²) in [4.78, 5) is 4.84. The molecule has 2 aliphatic heterocycles. The van der Waals surface area contributed by atoms with Crippen LogP contribution in [0.4, 0.5) is 5.69 Å². The molecule has 2 N–H and O–H groups in total. The van der Waals surface area contributed by atoms with Crippen LogP contribution >= 0.6 is 0 Å². The summed E-state index contributed by atoms with van der Waals surface area (Å²) in [7, 11) is 0. The van der Waals surface area contributed by atoms with E-state index < -0.39 is 0 Å². The lowest BCUT2D eigenvalue weighted by molar-refractivity contribution is 0.253. The lowest BCUT2D eigenvalue weighted by Gasteiger charge is -2.06. The summed E-state index contributed by atoms with van der Waals surface area (Å²) in [6.45, 7) is 0. The molecule has 0 atom stereocenters. The molecule has 2 aliphatic rings. The first-order valence-corrected chi connectivity index (χ1v) is 4.00. The SMILES string of the molecule is C1=Cc2c3c(ccc2=NO1)=CNN3. The predicted octanol–water partition coefficient (Wildman–Crippen LogP) is -0.110. The van der Waals surface area contributed by atoms with Crippen molar-refractivity contribution in [3.8, 4) is 0 Å². The summed E-state index contributed by atoms with van der Waals surface area (Å²) < 4.78 is 0. The average Bonchev–Trinajstić information content (AvgIpc) is 2.65.